The van der Waals surface area contributed by atoms with Gasteiger partial charge in [-0.25, -0.2) is 22.0 Å². The van der Waals surface area contributed by atoms with Crippen molar-refractivity contribution in [3.8, 4) is 0 Å². The summed E-state index contributed by atoms with van der Waals surface area (Å²) in [6.07, 6.45) is 3.08. The van der Waals surface area contributed by atoms with Gasteiger partial charge < -0.3 is 4.74 Å². The maximum absolute atomic E-state index is 14.6. The molecule has 2 aliphatic rings. The standard InChI is InChI=1S/C17H16F2N4O4S/c18-14-7-12(8-15(19)16(14)11-1-5-28(25,26)6-2-11)22-9-13(27-17(22)24)10-23-20-3-4-21-23/h1,3-4,7-8,13H,2,5-6,9-10H2/t13-/m1/s1. The van der Waals surface area contributed by atoms with E-state index in [1.807, 2.05) is 0 Å². The van der Waals surface area contributed by atoms with Gasteiger partial charge in [-0.3, -0.25) is 4.90 Å². The molecule has 0 saturated carbocycles. The molecule has 1 aromatic carbocycles. The third-order valence-electron chi connectivity index (χ3n) is 4.63. The zero-order valence-electron chi connectivity index (χ0n) is 14.6. The fraction of sp³-hybridized carbons (Fsp3) is 0.353. The second-order valence-electron chi connectivity index (χ2n) is 6.58. The van der Waals surface area contributed by atoms with Gasteiger partial charge in [-0.1, -0.05) is 6.08 Å². The molecule has 3 heterocycles. The van der Waals surface area contributed by atoms with Gasteiger partial charge in [0.1, 0.15) is 17.7 Å². The van der Waals surface area contributed by atoms with E-state index < -0.39 is 33.7 Å². The molecule has 1 atom stereocenters. The van der Waals surface area contributed by atoms with Crippen LogP contribution in [-0.2, 0) is 21.1 Å². The molecule has 1 fully saturated rings. The molecule has 1 saturated heterocycles. The lowest BCUT2D eigenvalue weighted by atomic mass is 10.0. The fourth-order valence-corrected chi connectivity index (χ4v) is 4.43. The van der Waals surface area contributed by atoms with Crippen molar-refractivity contribution in [1.29, 1.82) is 0 Å². The molecule has 4 rings (SSSR count). The first-order valence-corrected chi connectivity index (χ1v) is 10.4. The summed E-state index contributed by atoms with van der Waals surface area (Å²) in [6, 6.07) is 2.11. The molecule has 11 heteroatoms. The number of amides is 1. The molecule has 148 valence electrons. The lowest BCUT2D eigenvalue weighted by Crippen LogP contribution is -2.26. The van der Waals surface area contributed by atoms with Gasteiger partial charge in [0, 0.05) is 5.56 Å². The van der Waals surface area contributed by atoms with Crippen LogP contribution in [0.3, 0.4) is 0 Å². The van der Waals surface area contributed by atoms with E-state index in [9.17, 15) is 22.0 Å². The topological polar surface area (TPSA) is 94.4 Å². The number of hydrogen-bond acceptors (Lipinski definition) is 6. The van der Waals surface area contributed by atoms with Crippen LogP contribution < -0.4 is 4.90 Å². The Morgan fingerprint density at radius 3 is 2.46 bits per heavy atom. The number of sulfone groups is 1. The molecule has 8 nitrogen and oxygen atoms in total. The number of ether oxygens (including phenoxy) is 1. The number of anilines is 1. The van der Waals surface area contributed by atoms with Crippen molar-refractivity contribution >= 4 is 27.2 Å². The van der Waals surface area contributed by atoms with E-state index in [1.165, 1.54) is 23.3 Å². The van der Waals surface area contributed by atoms with Crippen LogP contribution in [-0.4, -0.2) is 53.7 Å². The number of rotatable bonds is 4. The quantitative estimate of drug-likeness (QED) is 0.763. The number of halogens is 2. The molecule has 0 aliphatic carbocycles. The molecule has 0 spiro atoms. The van der Waals surface area contributed by atoms with Crippen LogP contribution in [0.15, 0.2) is 30.6 Å². The first-order chi connectivity index (χ1) is 13.3. The zero-order valence-corrected chi connectivity index (χ0v) is 15.4. The lowest BCUT2D eigenvalue weighted by molar-refractivity contribution is 0.126. The van der Waals surface area contributed by atoms with Gasteiger partial charge in [0.25, 0.3) is 0 Å². The average Bonchev–Trinajstić information content (AvgIpc) is 3.25. The van der Waals surface area contributed by atoms with Crippen molar-refractivity contribution in [3.05, 3.63) is 47.8 Å². The Hall–Kier alpha value is -2.82. The van der Waals surface area contributed by atoms with E-state index in [0.717, 1.165) is 17.0 Å². The summed E-state index contributed by atoms with van der Waals surface area (Å²) < 4.78 is 57.5. The summed E-state index contributed by atoms with van der Waals surface area (Å²) in [5, 5.41) is 7.86. The molecule has 1 aromatic heterocycles. The Balaban J connectivity index is 1.56. The molecule has 2 aliphatic heterocycles. The van der Waals surface area contributed by atoms with Crippen LogP contribution in [0.25, 0.3) is 5.57 Å². The third kappa shape index (κ3) is 3.61. The van der Waals surface area contributed by atoms with Gasteiger partial charge >= 0.3 is 6.09 Å². The highest BCUT2D eigenvalue weighted by atomic mass is 32.2. The summed E-state index contributed by atoms with van der Waals surface area (Å²) in [4.78, 5) is 14.6. The second-order valence-corrected chi connectivity index (χ2v) is 8.81. The predicted octanol–water partition coefficient (Wildman–Crippen LogP) is 1.78. The summed E-state index contributed by atoms with van der Waals surface area (Å²) in [7, 11) is -3.21. The van der Waals surface area contributed by atoms with Crippen LogP contribution in [0.5, 0.6) is 0 Å². The largest absolute Gasteiger partial charge is 0.442 e. The highest BCUT2D eigenvalue weighted by Gasteiger charge is 2.34. The molecule has 1 amide bonds. The fourth-order valence-electron chi connectivity index (χ4n) is 3.28. The van der Waals surface area contributed by atoms with Gasteiger partial charge in [0.2, 0.25) is 0 Å². The van der Waals surface area contributed by atoms with Crippen molar-refractivity contribution in [1.82, 2.24) is 15.0 Å². The average molecular weight is 410 g/mol. The number of nitrogens with zero attached hydrogens (tertiary/aromatic N) is 4. The van der Waals surface area contributed by atoms with Crippen LogP contribution in [0.1, 0.15) is 12.0 Å². The zero-order chi connectivity index (χ0) is 19.9. The van der Waals surface area contributed by atoms with Gasteiger partial charge in [-0.15, -0.1) is 0 Å². The molecule has 2 aromatic rings. The summed E-state index contributed by atoms with van der Waals surface area (Å²) in [5.74, 6) is -2.11. The van der Waals surface area contributed by atoms with Gasteiger partial charge in [0.05, 0.1) is 42.7 Å². The minimum absolute atomic E-state index is 0.0312. The lowest BCUT2D eigenvalue weighted by Gasteiger charge is -2.18. The van der Waals surface area contributed by atoms with E-state index >= 15 is 0 Å². The minimum atomic E-state index is -3.21. The van der Waals surface area contributed by atoms with Crippen LogP contribution in [0, 0.1) is 11.6 Å². The summed E-state index contributed by atoms with van der Waals surface area (Å²) in [6.45, 7) is 0.319. The Bertz CT molecular complexity index is 1030. The number of carbonyl (C=O) groups is 1. The van der Waals surface area contributed by atoms with Crippen molar-refractivity contribution in [2.24, 2.45) is 0 Å². The van der Waals surface area contributed by atoms with Crippen molar-refractivity contribution < 1.29 is 26.7 Å². The van der Waals surface area contributed by atoms with E-state index in [4.69, 9.17) is 4.74 Å². The molecule has 0 N–H and O–H groups in total. The van der Waals surface area contributed by atoms with Gasteiger partial charge in [-0.2, -0.15) is 15.0 Å². The molecular weight excluding hydrogens is 394 g/mol. The van der Waals surface area contributed by atoms with Crippen LogP contribution in [0.4, 0.5) is 19.3 Å². The van der Waals surface area contributed by atoms with E-state index in [0.29, 0.717) is 5.57 Å². The van der Waals surface area contributed by atoms with Crippen molar-refractivity contribution in [3.63, 3.8) is 0 Å². The monoisotopic (exact) mass is 410 g/mol. The number of allylic oxidation sites excluding steroid dienone is 1. The molecular formula is C17H16F2N4O4S. The molecule has 0 radical (unpaired) electrons. The highest BCUT2D eigenvalue weighted by Crippen LogP contribution is 2.32. The normalized spacial score (nSPS) is 21.5. The van der Waals surface area contributed by atoms with Crippen molar-refractivity contribution in [2.75, 3.05) is 23.0 Å². The van der Waals surface area contributed by atoms with Crippen LogP contribution in [0.2, 0.25) is 0 Å². The molecule has 0 bridgehead atoms. The number of benzene rings is 1. The van der Waals surface area contributed by atoms with Crippen molar-refractivity contribution in [2.45, 2.75) is 19.1 Å². The first-order valence-electron chi connectivity index (χ1n) is 8.53. The summed E-state index contributed by atoms with van der Waals surface area (Å²) in [5.41, 5.74) is 0.0789. The number of cyclic esters (lactones) is 1. The predicted molar refractivity (Wildman–Crippen MR) is 95.2 cm³/mol. The Kier molecular flexibility index (Phi) is 4.61. The second kappa shape index (κ2) is 6.97. The maximum atomic E-state index is 14.6. The number of carbonyl (C=O) groups excluding carboxylic acids is 1. The van der Waals surface area contributed by atoms with E-state index in [-0.39, 0.29) is 42.3 Å². The Labute approximate surface area is 159 Å². The minimum Gasteiger partial charge on any atom is -0.442 e. The number of aromatic nitrogens is 3. The highest BCUT2D eigenvalue weighted by molar-refractivity contribution is 7.91. The summed E-state index contributed by atoms with van der Waals surface area (Å²) >= 11 is 0. The van der Waals surface area contributed by atoms with Gasteiger partial charge in [0.15, 0.2) is 9.84 Å². The molecule has 0 unspecified atom stereocenters. The first kappa shape index (κ1) is 18.5. The van der Waals surface area contributed by atoms with Crippen LogP contribution >= 0.6 is 0 Å². The van der Waals surface area contributed by atoms with E-state index in [2.05, 4.69) is 10.2 Å². The van der Waals surface area contributed by atoms with Gasteiger partial charge in [-0.05, 0) is 24.1 Å². The Morgan fingerprint density at radius 1 is 1.18 bits per heavy atom. The van der Waals surface area contributed by atoms with E-state index in [1.54, 1.807) is 0 Å². The SMILES string of the molecule is O=C1O[C@@H](Cn2nccn2)CN1c1cc(F)c(C2=CCS(=O)(=O)CC2)c(F)c1. The number of hydrogen-bond donors (Lipinski definition) is 0. The third-order valence-corrected chi connectivity index (χ3v) is 6.13. The Morgan fingerprint density at radius 2 is 1.86 bits per heavy atom. The molecule has 28 heavy (non-hydrogen) atoms. The smallest absolute Gasteiger partial charge is 0.414 e. The maximum Gasteiger partial charge on any atom is 0.414 e.